The molecule has 0 radical (unpaired) electrons. The largest absolute Gasteiger partial charge is 0.271 e. The summed E-state index contributed by atoms with van der Waals surface area (Å²) in [6.45, 7) is 2.04. The van der Waals surface area contributed by atoms with Crippen LogP contribution in [0.15, 0.2) is 35.7 Å². The second-order valence-corrected chi connectivity index (χ2v) is 6.45. The third kappa shape index (κ3) is 2.43. The Morgan fingerprint density at radius 1 is 1.37 bits per heavy atom. The van der Waals surface area contributed by atoms with Gasteiger partial charge in [-0.05, 0) is 41.7 Å². The van der Waals surface area contributed by atoms with Crippen LogP contribution < -0.4 is 11.3 Å². The van der Waals surface area contributed by atoms with Crippen molar-refractivity contribution in [2.24, 2.45) is 11.8 Å². The van der Waals surface area contributed by atoms with E-state index in [1.54, 1.807) is 11.3 Å². The highest BCUT2D eigenvalue weighted by atomic mass is 35.5. The number of aryl methyl sites for hydroxylation is 1. The van der Waals surface area contributed by atoms with Crippen molar-refractivity contribution in [3.63, 3.8) is 0 Å². The summed E-state index contributed by atoms with van der Waals surface area (Å²) >= 11 is 8.06. The maximum atomic E-state index is 6.36. The lowest BCUT2D eigenvalue weighted by Crippen LogP contribution is -2.29. The van der Waals surface area contributed by atoms with Crippen molar-refractivity contribution < 1.29 is 0 Å². The van der Waals surface area contributed by atoms with E-state index in [9.17, 15) is 0 Å². The summed E-state index contributed by atoms with van der Waals surface area (Å²) in [5.41, 5.74) is 5.50. The zero-order valence-electron chi connectivity index (χ0n) is 10.8. The van der Waals surface area contributed by atoms with Gasteiger partial charge in [0.15, 0.2) is 0 Å². The number of nitrogens with two attached hydrogens (primary N) is 1. The van der Waals surface area contributed by atoms with Gasteiger partial charge in [0, 0.05) is 4.88 Å². The molecular weight excluding hydrogens is 276 g/mol. The number of thiophene rings is 1. The molecule has 100 valence electrons. The molecule has 1 aliphatic carbocycles. The first-order chi connectivity index (χ1) is 9.22. The maximum absolute atomic E-state index is 6.36. The van der Waals surface area contributed by atoms with Gasteiger partial charge in [-0.15, -0.1) is 11.3 Å². The van der Waals surface area contributed by atoms with Crippen molar-refractivity contribution in [2.45, 2.75) is 25.3 Å². The Morgan fingerprint density at radius 3 is 2.68 bits per heavy atom. The van der Waals surface area contributed by atoms with E-state index in [1.807, 2.05) is 6.92 Å². The smallest absolute Gasteiger partial charge is 0.0602 e. The number of rotatable bonds is 4. The molecule has 3 atom stereocenters. The third-order valence-electron chi connectivity index (χ3n) is 3.88. The molecule has 1 fully saturated rings. The van der Waals surface area contributed by atoms with Gasteiger partial charge in [-0.25, -0.2) is 0 Å². The molecule has 0 saturated heterocycles. The molecule has 1 aromatic heterocycles. The summed E-state index contributed by atoms with van der Waals surface area (Å²) < 4.78 is 0. The average Bonchev–Trinajstić information content (AvgIpc) is 3.16. The first-order valence-corrected chi connectivity index (χ1v) is 7.72. The normalized spacial score (nSPS) is 23.3. The number of nitrogens with one attached hydrogen (secondary N) is 1. The van der Waals surface area contributed by atoms with Crippen molar-refractivity contribution in [1.29, 1.82) is 0 Å². The van der Waals surface area contributed by atoms with Crippen LogP contribution >= 0.6 is 22.9 Å². The highest BCUT2D eigenvalue weighted by molar-refractivity contribution is 7.10. The molecule has 3 rings (SSSR count). The van der Waals surface area contributed by atoms with Crippen LogP contribution in [0.2, 0.25) is 5.02 Å². The Balaban J connectivity index is 1.81. The van der Waals surface area contributed by atoms with Crippen molar-refractivity contribution >= 4 is 22.9 Å². The SMILES string of the molecule is Cc1csc(C(NN)C2CC2c2ccccc2)c1Cl. The van der Waals surface area contributed by atoms with E-state index < -0.39 is 0 Å². The van der Waals surface area contributed by atoms with Crippen LogP contribution in [0.5, 0.6) is 0 Å². The fraction of sp³-hybridized carbons (Fsp3) is 0.333. The number of halogens is 1. The first-order valence-electron chi connectivity index (χ1n) is 6.47. The maximum Gasteiger partial charge on any atom is 0.0602 e. The molecule has 2 aromatic rings. The predicted octanol–water partition coefficient (Wildman–Crippen LogP) is 4.02. The van der Waals surface area contributed by atoms with E-state index in [-0.39, 0.29) is 6.04 Å². The topological polar surface area (TPSA) is 38.0 Å². The molecule has 3 N–H and O–H groups in total. The summed E-state index contributed by atoms with van der Waals surface area (Å²) in [6.07, 6.45) is 1.17. The van der Waals surface area contributed by atoms with Crippen molar-refractivity contribution in [3.05, 3.63) is 56.7 Å². The van der Waals surface area contributed by atoms with Crippen LogP contribution in [-0.4, -0.2) is 0 Å². The summed E-state index contributed by atoms with van der Waals surface area (Å²) in [6, 6.07) is 10.8. The Morgan fingerprint density at radius 2 is 2.11 bits per heavy atom. The van der Waals surface area contributed by atoms with Gasteiger partial charge >= 0.3 is 0 Å². The van der Waals surface area contributed by atoms with E-state index >= 15 is 0 Å². The molecule has 4 heteroatoms. The van der Waals surface area contributed by atoms with Crippen LogP contribution in [0.25, 0.3) is 0 Å². The Kier molecular flexibility index (Phi) is 3.63. The van der Waals surface area contributed by atoms with Gasteiger partial charge < -0.3 is 0 Å². The molecule has 2 nitrogen and oxygen atoms in total. The van der Waals surface area contributed by atoms with E-state index in [4.69, 9.17) is 17.4 Å². The van der Waals surface area contributed by atoms with E-state index in [0.717, 1.165) is 10.6 Å². The minimum atomic E-state index is 0.163. The van der Waals surface area contributed by atoms with Gasteiger partial charge in [0.25, 0.3) is 0 Å². The number of hydrazine groups is 1. The van der Waals surface area contributed by atoms with Crippen LogP contribution in [-0.2, 0) is 0 Å². The standard InChI is InChI=1S/C15H17ClN2S/c1-9-8-19-15(13(9)16)14(18-17)12-7-11(12)10-5-3-2-4-6-10/h2-6,8,11-12,14,18H,7,17H2,1H3. The molecular formula is C15H17ClN2S. The minimum Gasteiger partial charge on any atom is -0.271 e. The highest BCUT2D eigenvalue weighted by Gasteiger charge is 2.45. The monoisotopic (exact) mass is 292 g/mol. The third-order valence-corrected chi connectivity index (χ3v) is 5.68. The quantitative estimate of drug-likeness (QED) is 0.660. The van der Waals surface area contributed by atoms with E-state index in [1.165, 1.54) is 16.9 Å². The van der Waals surface area contributed by atoms with Gasteiger partial charge in [-0.2, -0.15) is 0 Å². The lowest BCUT2D eigenvalue weighted by atomic mass is 10.0. The molecule has 1 saturated carbocycles. The van der Waals surface area contributed by atoms with Crippen LogP contribution in [0.3, 0.4) is 0 Å². The van der Waals surface area contributed by atoms with Crippen molar-refractivity contribution in [2.75, 3.05) is 0 Å². The second-order valence-electron chi connectivity index (χ2n) is 5.16. The van der Waals surface area contributed by atoms with Crippen molar-refractivity contribution in [3.8, 4) is 0 Å². The highest BCUT2D eigenvalue weighted by Crippen LogP contribution is 2.55. The zero-order valence-corrected chi connectivity index (χ0v) is 12.3. The van der Waals surface area contributed by atoms with E-state index in [2.05, 4.69) is 41.1 Å². The lowest BCUT2D eigenvalue weighted by Gasteiger charge is -2.15. The molecule has 0 spiro atoms. The van der Waals surface area contributed by atoms with Crippen molar-refractivity contribution in [1.82, 2.24) is 5.43 Å². The molecule has 0 amide bonds. The fourth-order valence-corrected chi connectivity index (χ4v) is 4.17. The number of hydrogen-bond acceptors (Lipinski definition) is 3. The summed E-state index contributed by atoms with van der Waals surface area (Å²) in [5.74, 6) is 6.90. The molecule has 0 aliphatic heterocycles. The minimum absolute atomic E-state index is 0.163. The van der Waals surface area contributed by atoms with Gasteiger partial charge in [-0.1, -0.05) is 41.9 Å². The predicted molar refractivity (Wildman–Crippen MR) is 81.4 cm³/mol. The van der Waals surface area contributed by atoms with Crippen LogP contribution in [0.1, 0.15) is 34.4 Å². The molecule has 1 aromatic carbocycles. The average molecular weight is 293 g/mol. The summed E-state index contributed by atoms with van der Waals surface area (Å²) in [5, 5.41) is 2.97. The Bertz CT molecular complexity index is 567. The molecule has 3 unspecified atom stereocenters. The van der Waals surface area contributed by atoms with Gasteiger partial charge in [0.05, 0.1) is 11.1 Å². The number of hydrogen-bond donors (Lipinski definition) is 2. The van der Waals surface area contributed by atoms with Crippen LogP contribution in [0, 0.1) is 12.8 Å². The van der Waals surface area contributed by atoms with Gasteiger partial charge in [-0.3, -0.25) is 11.3 Å². The van der Waals surface area contributed by atoms with Gasteiger partial charge in [0.1, 0.15) is 0 Å². The fourth-order valence-electron chi connectivity index (χ4n) is 2.72. The summed E-state index contributed by atoms with van der Waals surface area (Å²) in [4.78, 5) is 1.17. The van der Waals surface area contributed by atoms with Crippen LogP contribution in [0.4, 0.5) is 0 Å². The Labute approximate surface area is 122 Å². The first kappa shape index (κ1) is 13.1. The number of benzene rings is 1. The van der Waals surface area contributed by atoms with E-state index in [0.29, 0.717) is 11.8 Å². The van der Waals surface area contributed by atoms with Gasteiger partial charge in [0.2, 0.25) is 0 Å². The molecule has 1 heterocycles. The summed E-state index contributed by atoms with van der Waals surface area (Å²) in [7, 11) is 0. The molecule has 19 heavy (non-hydrogen) atoms. The Hall–Kier alpha value is -0.870. The zero-order chi connectivity index (χ0) is 13.4. The molecule has 1 aliphatic rings. The molecule has 0 bridgehead atoms. The lowest BCUT2D eigenvalue weighted by molar-refractivity contribution is 0.495. The second kappa shape index (κ2) is 5.25.